The van der Waals surface area contributed by atoms with Crippen LogP contribution in [0.4, 0.5) is 0 Å². The highest BCUT2D eigenvalue weighted by molar-refractivity contribution is 5.93. The van der Waals surface area contributed by atoms with Gasteiger partial charge in [0.25, 0.3) is 5.91 Å². The van der Waals surface area contributed by atoms with Crippen molar-refractivity contribution in [1.82, 2.24) is 4.90 Å². The van der Waals surface area contributed by atoms with E-state index in [4.69, 9.17) is 15.3 Å². The summed E-state index contributed by atoms with van der Waals surface area (Å²) in [5, 5.41) is 8.76. The van der Waals surface area contributed by atoms with Crippen LogP contribution in [0.1, 0.15) is 29.2 Å². The Kier molecular flexibility index (Phi) is 3.14. The Hall–Kier alpha value is -1.82. The van der Waals surface area contributed by atoms with Crippen molar-refractivity contribution in [3.63, 3.8) is 0 Å². The normalized spacial score (nSPS) is 14.6. The molecular weight excluding hydrogens is 224 g/mol. The molecule has 17 heavy (non-hydrogen) atoms. The number of carboxylic acids is 1. The molecule has 1 heterocycles. The molecule has 1 aromatic heterocycles. The van der Waals surface area contributed by atoms with Gasteiger partial charge in [-0.2, -0.15) is 0 Å². The summed E-state index contributed by atoms with van der Waals surface area (Å²) in [6.45, 7) is -0.0716. The Labute approximate surface area is 98.0 Å². The lowest BCUT2D eigenvalue weighted by Gasteiger charge is -2.18. The zero-order valence-corrected chi connectivity index (χ0v) is 9.26. The molecule has 0 atom stereocenters. The van der Waals surface area contributed by atoms with Crippen molar-refractivity contribution in [2.75, 3.05) is 6.54 Å². The number of hydrogen-bond acceptors (Lipinski definition) is 4. The first-order chi connectivity index (χ1) is 8.11. The predicted octanol–water partition coefficient (Wildman–Crippen LogP) is 0.427. The van der Waals surface area contributed by atoms with Gasteiger partial charge in [-0.15, -0.1) is 0 Å². The maximum absolute atomic E-state index is 12.0. The molecule has 0 saturated heterocycles. The van der Waals surface area contributed by atoms with E-state index in [-0.39, 0.29) is 30.8 Å². The van der Waals surface area contributed by atoms with Gasteiger partial charge in [0.1, 0.15) is 12.3 Å². The third-order valence-corrected chi connectivity index (χ3v) is 2.63. The molecule has 0 aromatic carbocycles. The number of carbonyl (C=O) groups excluding carboxylic acids is 1. The zero-order valence-electron chi connectivity index (χ0n) is 9.26. The lowest BCUT2D eigenvalue weighted by Crippen LogP contribution is -2.37. The molecule has 1 fully saturated rings. The van der Waals surface area contributed by atoms with Crippen molar-refractivity contribution in [2.24, 2.45) is 5.73 Å². The van der Waals surface area contributed by atoms with Gasteiger partial charge in [-0.1, -0.05) is 0 Å². The second-order valence-corrected chi connectivity index (χ2v) is 4.03. The fraction of sp³-hybridized carbons (Fsp3) is 0.455. The van der Waals surface area contributed by atoms with Gasteiger partial charge in [-0.3, -0.25) is 9.59 Å². The molecule has 0 aliphatic heterocycles. The van der Waals surface area contributed by atoms with Gasteiger partial charge in [0.2, 0.25) is 0 Å². The van der Waals surface area contributed by atoms with Crippen molar-refractivity contribution < 1.29 is 19.1 Å². The third-order valence-electron chi connectivity index (χ3n) is 2.63. The van der Waals surface area contributed by atoms with Gasteiger partial charge < -0.3 is 20.2 Å². The van der Waals surface area contributed by atoms with Crippen LogP contribution in [0.2, 0.25) is 0 Å². The average molecular weight is 238 g/mol. The zero-order chi connectivity index (χ0) is 12.4. The van der Waals surface area contributed by atoms with Crippen LogP contribution < -0.4 is 5.73 Å². The fourth-order valence-corrected chi connectivity index (χ4v) is 1.64. The largest absolute Gasteiger partial charge is 0.480 e. The van der Waals surface area contributed by atoms with E-state index in [1.165, 1.54) is 11.0 Å². The first-order valence-electron chi connectivity index (χ1n) is 5.43. The standard InChI is InChI=1S/C11H14N2O4/c12-5-8-3-4-9(17-8)11(16)13(6-10(14)15)7-1-2-7/h3-4,7H,1-2,5-6,12H2,(H,14,15). The summed E-state index contributed by atoms with van der Waals surface area (Å²) < 4.78 is 5.23. The number of carbonyl (C=O) groups is 2. The molecule has 3 N–H and O–H groups in total. The van der Waals surface area contributed by atoms with Crippen LogP contribution in [0.3, 0.4) is 0 Å². The average Bonchev–Trinajstić information content (AvgIpc) is 3.02. The van der Waals surface area contributed by atoms with E-state index in [2.05, 4.69) is 0 Å². The monoisotopic (exact) mass is 238 g/mol. The number of carboxylic acid groups (broad SMARTS) is 1. The van der Waals surface area contributed by atoms with E-state index in [1.54, 1.807) is 6.07 Å². The van der Waals surface area contributed by atoms with Crippen LogP contribution in [-0.2, 0) is 11.3 Å². The Morgan fingerprint density at radius 3 is 2.65 bits per heavy atom. The van der Waals surface area contributed by atoms with E-state index >= 15 is 0 Å². The minimum Gasteiger partial charge on any atom is -0.480 e. The number of furan rings is 1. The van der Waals surface area contributed by atoms with Gasteiger partial charge >= 0.3 is 5.97 Å². The second-order valence-electron chi connectivity index (χ2n) is 4.03. The molecule has 1 aromatic rings. The second kappa shape index (κ2) is 4.58. The maximum Gasteiger partial charge on any atom is 0.323 e. The number of rotatable bonds is 5. The maximum atomic E-state index is 12.0. The van der Waals surface area contributed by atoms with Crippen LogP contribution in [0.25, 0.3) is 0 Å². The molecule has 0 radical (unpaired) electrons. The highest BCUT2D eigenvalue weighted by Crippen LogP contribution is 2.28. The quantitative estimate of drug-likeness (QED) is 0.775. The van der Waals surface area contributed by atoms with Crippen LogP contribution >= 0.6 is 0 Å². The van der Waals surface area contributed by atoms with Crippen LogP contribution in [-0.4, -0.2) is 34.5 Å². The third kappa shape index (κ3) is 2.65. The van der Waals surface area contributed by atoms with Crippen molar-refractivity contribution in [3.05, 3.63) is 23.7 Å². The topological polar surface area (TPSA) is 96.8 Å². The van der Waals surface area contributed by atoms with Crippen molar-refractivity contribution in [3.8, 4) is 0 Å². The summed E-state index contributed by atoms with van der Waals surface area (Å²) in [6.07, 6.45) is 1.70. The van der Waals surface area contributed by atoms with Crippen molar-refractivity contribution in [1.29, 1.82) is 0 Å². The Balaban J connectivity index is 2.12. The summed E-state index contributed by atoms with van der Waals surface area (Å²) in [7, 11) is 0. The van der Waals surface area contributed by atoms with Gasteiger partial charge in [-0.25, -0.2) is 0 Å². The molecule has 2 rings (SSSR count). The summed E-state index contributed by atoms with van der Waals surface area (Å²) >= 11 is 0. The van der Waals surface area contributed by atoms with Gasteiger partial charge in [0, 0.05) is 6.04 Å². The SMILES string of the molecule is NCc1ccc(C(=O)N(CC(=O)O)C2CC2)o1. The predicted molar refractivity (Wildman–Crippen MR) is 58.3 cm³/mol. The van der Waals surface area contributed by atoms with Gasteiger partial charge in [0.05, 0.1) is 6.54 Å². The fourth-order valence-electron chi connectivity index (χ4n) is 1.64. The molecule has 1 saturated carbocycles. The van der Waals surface area contributed by atoms with Crippen LogP contribution in [0.15, 0.2) is 16.5 Å². The minimum atomic E-state index is -1.02. The number of hydrogen-bond donors (Lipinski definition) is 2. The van der Waals surface area contributed by atoms with E-state index < -0.39 is 5.97 Å². The molecule has 1 amide bonds. The Morgan fingerprint density at radius 1 is 1.47 bits per heavy atom. The molecule has 1 aliphatic rings. The lowest BCUT2D eigenvalue weighted by atomic mass is 10.3. The highest BCUT2D eigenvalue weighted by Gasteiger charge is 2.35. The molecular formula is C11H14N2O4. The Bertz CT molecular complexity index is 436. The summed E-state index contributed by atoms with van der Waals surface area (Å²) in [5.41, 5.74) is 5.38. The van der Waals surface area contributed by atoms with Gasteiger partial charge in [-0.05, 0) is 25.0 Å². The van der Waals surface area contributed by atoms with Crippen molar-refractivity contribution in [2.45, 2.75) is 25.4 Å². The van der Waals surface area contributed by atoms with E-state index in [9.17, 15) is 9.59 Å². The molecule has 6 nitrogen and oxygen atoms in total. The van der Waals surface area contributed by atoms with Crippen LogP contribution in [0.5, 0.6) is 0 Å². The molecule has 0 spiro atoms. The summed E-state index contributed by atoms with van der Waals surface area (Å²) in [5.74, 6) is -0.733. The lowest BCUT2D eigenvalue weighted by molar-refractivity contribution is -0.137. The highest BCUT2D eigenvalue weighted by atomic mass is 16.4. The molecule has 0 unspecified atom stereocenters. The molecule has 92 valence electrons. The smallest absolute Gasteiger partial charge is 0.323 e. The number of amides is 1. The summed E-state index contributed by atoms with van der Waals surface area (Å²) in [4.78, 5) is 24.0. The van der Waals surface area contributed by atoms with Crippen molar-refractivity contribution >= 4 is 11.9 Å². The van der Waals surface area contributed by atoms with Crippen LogP contribution in [0, 0.1) is 0 Å². The number of aliphatic carboxylic acids is 1. The molecule has 1 aliphatic carbocycles. The number of nitrogens with zero attached hydrogens (tertiary/aromatic N) is 1. The first kappa shape index (κ1) is 11.7. The summed E-state index contributed by atoms with van der Waals surface area (Å²) in [6, 6.07) is 3.19. The molecule has 6 heteroatoms. The minimum absolute atomic E-state index is 0.0324. The number of nitrogens with two attached hydrogens (primary N) is 1. The first-order valence-corrected chi connectivity index (χ1v) is 5.43. The molecule has 0 bridgehead atoms. The van der Waals surface area contributed by atoms with Gasteiger partial charge in [0.15, 0.2) is 5.76 Å². The van der Waals surface area contributed by atoms with E-state index in [0.29, 0.717) is 5.76 Å². The Morgan fingerprint density at radius 2 is 2.18 bits per heavy atom. The van der Waals surface area contributed by atoms with E-state index in [0.717, 1.165) is 12.8 Å². The van der Waals surface area contributed by atoms with E-state index in [1.807, 2.05) is 0 Å².